The Morgan fingerprint density at radius 3 is 2.18 bits per heavy atom. The third-order valence-electron chi connectivity index (χ3n) is 2.91. The van der Waals surface area contributed by atoms with E-state index in [-0.39, 0.29) is 0 Å². The number of hydrogen-bond donors (Lipinski definition) is 1. The highest BCUT2D eigenvalue weighted by molar-refractivity contribution is 9.11. The average Bonchev–Trinajstić information content (AvgIpc) is 2.63. The summed E-state index contributed by atoms with van der Waals surface area (Å²) in [6.45, 7) is 6.19. The molecule has 3 heteroatoms. The Bertz CT molecular complexity index is 522. The second-order valence-corrected chi connectivity index (χ2v) is 6.69. The molecular weight excluding hydrogens is 296 g/mol. The summed E-state index contributed by atoms with van der Waals surface area (Å²) in [5.41, 5.74) is 5.52. The van der Waals surface area contributed by atoms with E-state index >= 15 is 0 Å². The number of benzene rings is 1. The summed E-state index contributed by atoms with van der Waals surface area (Å²) in [6.07, 6.45) is -0.529. The monoisotopic (exact) mass is 310 g/mol. The molecular formula is C14H15BrOS. The van der Waals surface area contributed by atoms with Crippen LogP contribution in [0.1, 0.15) is 33.9 Å². The minimum Gasteiger partial charge on any atom is -0.384 e. The van der Waals surface area contributed by atoms with Gasteiger partial charge in [0.2, 0.25) is 0 Å². The zero-order valence-electron chi connectivity index (χ0n) is 10.1. The largest absolute Gasteiger partial charge is 0.384 e. The number of aliphatic hydroxyl groups excluding tert-OH is 1. The predicted octanol–water partition coefficient (Wildman–Crippen LogP) is 4.52. The molecule has 0 saturated carbocycles. The fourth-order valence-electron chi connectivity index (χ4n) is 2.26. The summed E-state index contributed by atoms with van der Waals surface area (Å²) in [4.78, 5) is 0. The normalized spacial score (nSPS) is 12.8. The van der Waals surface area contributed by atoms with Crippen molar-refractivity contribution in [3.63, 3.8) is 0 Å². The molecule has 0 aliphatic heterocycles. The Hall–Kier alpha value is -0.640. The van der Waals surface area contributed by atoms with Gasteiger partial charge in [-0.15, -0.1) is 11.3 Å². The molecule has 0 aliphatic carbocycles. The van der Waals surface area contributed by atoms with Crippen LogP contribution in [0.15, 0.2) is 27.4 Å². The molecule has 0 saturated heterocycles. The van der Waals surface area contributed by atoms with E-state index in [1.54, 1.807) is 11.3 Å². The maximum atomic E-state index is 10.4. The van der Waals surface area contributed by atoms with Crippen LogP contribution in [0.5, 0.6) is 0 Å². The Balaban J connectivity index is 2.47. The van der Waals surface area contributed by atoms with E-state index in [2.05, 4.69) is 48.8 Å². The van der Waals surface area contributed by atoms with Gasteiger partial charge in [0, 0.05) is 0 Å². The minimum absolute atomic E-state index is 0.529. The van der Waals surface area contributed by atoms with Gasteiger partial charge < -0.3 is 5.11 Å². The first kappa shape index (κ1) is 12.8. The zero-order chi connectivity index (χ0) is 12.6. The summed E-state index contributed by atoms with van der Waals surface area (Å²) in [7, 11) is 0. The molecule has 1 heterocycles. The Morgan fingerprint density at radius 2 is 1.71 bits per heavy atom. The summed E-state index contributed by atoms with van der Waals surface area (Å²) < 4.78 is 1.05. The molecule has 0 spiro atoms. The van der Waals surface area contributed by atoms with Crippen LogP contribution < -0.4 is 0 Å². The summed E-state index contributed by atoms with van der Waals surface area (Å²) in [6, 6.07) is 6.22. The maximum absolute atomic E-state index is 10.4. The van der Waals surface area contributed by atoms with Crippen molar-refractivity contribution in [2.24, 2.45) is 0 Å². The molecule has 1 atom stereocenters. The van der Waals surface area contributed by atoms with Crippen molar-refractivity contribution in [2.45, 2.75) is 26.9 Å². The number of rotatable bonds is 2. The van der Waals surface area contributed by atoms with Crippen LogP contribution in [-0.4, -0.2) is 5.11 Å². The van der Waals surface area contributed by atoms with E-state index in [1.165, 1.54) is 5.56 Å². The quantitative estimate of drug-likeness (QED) is 0.864. The van der Waals surface area contributed by atoms with Crippen LogP contribution in [0.25, 0.3) is 0 Å². The molecule has 17 heavy (non-hydrogen) atoms. The number of hydrogen-bond acceptors (Lipinski definition) is 2. The first-order chi connectivity index (χ1) is 7.99. The first-order valence-electron chi connectivity index (χ1n) is 5.49. The number of aliphatic hydroxyl groups is 1. The van der Waals surface area contributed by atoms with E-state index in [1.807, 2.05) is 11.4 Å². The molecule has 0 amide bonds. The molecule has 1 N–H and O–H groups in total. The van der Waals surface area contributed by atoms with Crippen molar-refractivity contribution in [1.82, 2.24) is 0 Å². The molecule has 0 aliphatic rings. The topological polar surface area (TPSA) is 20.2 Å². The van der Waals surface area contributed by atoms with Crippen molar-refractivity contribution in [3.8, 4) is 0 Å². The molecule has 1 aromatic heterocycles. The van der Waals surface area contributed by atoms with Crippen molar-refractivity contribution in [3.05, 3.63) is 55.2 Å². The number of halogens is 1. The Labute approximate surface area is 114 Å². The van der Waals surface area contributed by atoms with Gasteiger partial charge in [-0.1, -0.05) is 17.7 Å². The predicted molar refractivity (Wildman–Crippen MR) is 76.7 cm³/mol. The SMILES string of the molecule is Cc1cc(C)c(C(O)c2csc(Br)c2)c(C)c1. The van der Waals surface area contributed by atoms with Crippen molar-refractivity contribution < 1.29 is 5.11 Å². The first-order valence-corrected chi connectivity index (χ1v) is 7.16. The fraction of sp³-hybridized carbons (Fsp3) is 0.286. The van der Waals surface area contributed by atoms with Crippen LogP contribution >= 0.6 is 27.3 Å². The van der Waals surface area contributed by atoms with E-state index in [0.717, 1.165) is 26.0 Å². The van der Waals surface area contributed by atoms with E-state index < -0.39 is 6.10 Å². The highest BCUT2D eigenvalue weighted by Crippen LogP contribution is 2.32. The number of aryl methyl sites for hydroxylation is 3. The molecule has 0 radical (unpaired) electrons. The van der Waals surface area contributed by atoms with Crippen LogP contribution in [0.3, 0.4) is 0 Å². The van der Waals surface area contributed by atoms with Gasteiger partial charge in [-0.2, -0.15) is 0 Å². The lowest BCUT2D eigenvalue weighted by Gasteiger charge is -2.16. The van der Waals surface area contributed by atoms with Gasteiger partial charge in [-0.25, -0.2) is 0 Å². The summed E-state index contributed by atoms with van der Waals surface area (Å²) in [5.74, 6) is 0. The number of thiophene rings is 1. The third kappa shape index (κ3) is 2.62. The lowest BCUT2D eigenvalue weighted by Crippen LogP contribution is -2.04. The minimum atomic E-state index is -0.529. The zero-order valence-corrected chi connectivity index (χ0v) is 12.5. The van der Waals surface area contributed by atoms with Crippen LogP contribution in [0, 0.1) is 20.8 Å². The van der Waals surface area contributed by atoms with E-state index in [9.17, 15) is 5.11 Å². The Morgan fingerprint density at radius 1 is 1.12 bits per heavy atom. The molecule has 1 nitrogen and oxygen atoms in total. The molecule has 2 rings (SSSR count). The highest BCUT2D eigenvalue weighted by Gasteiger charge is 2.16. The standard InChI is InChI=1S/C14H15BrOS/c1-8-4-9(2)13(10(3)5-8)14(16)11-6-12(15)17-7-11/h4-7,14,16H,1-3H3. The lowest BCUT2D eigenvalue weighted by atomic mass is 9.93. The molecule has 0 fully saturated rings. The van der Waals surface area contributed by atoms with Crippen molar-refractivity contribution in [2.75, 3.05) is 0 Å². The van der Waals surface area contributed by atoms with Crippen LogP contribution in [-0.2, 0) is 0 Å². The molecule has 90 valence electrons. The van der Waals surface area contributed by atoms with Gasteiger partial charge in [-0.05, 0) is 70.4 Å². The molecule has 1 aromatic carbocycles. The van der Waals surface area contributed by atoms with Gasteiger partial charge in [0.1, 0.15) is 6.10 Å². The summed E-state index contributed by atoms with van der Waals surface area (Å²) >= 11 is 5.03. The van der Waals surface area contributed by atoms with Crippen LogP contribution in [0.4, 0.5) is 0 Å². The Kier molecular flexibility index (Phi) is 3.71. The van der Waals surface area contributed by atoms with E-state index in [4.69, 9.17) is 0 Å². The van der Waals surface area contributed by atoms with Gasteiger partial charge in [-0.3, -0.25) is 0 Å². The second-order valence-electron chi connectivity index (χ2n) is 4.40. The highest BCUT2D eigenvalue weighted by atomic mass is 79.9. The molecule has 2 aromatic rings. The summed E-state index contributed by atoms with van der Waals surface area (Å²) in [5, 5.41) is 12.4. The average molecular weight is 311 g/mol. The fourth-order valence-corrected chi connectivity index (χ4v) is 3.45. The smallest absolute Gasteiger partial charge is 0.105 e. The van der Waals surface area contributed by atoms with Gasteiger partial charge >= 0.3 is 0 Å². The van der Waals surface area contributed by atoms with Gasteiger partial charge in [0.15, 0.2) is 0 Å². The van der Waals surface area contributed by atoms with E-state index in [0.29, 0.717) is 0 Å². The third-order valence-corrected chi connectivity index (χ3v) is 4.44. The van der Waals surface area contributed by atoms with Gasteiger partial charge in [0.05, 0.1) is 3.79 Å². The van der Waals surface area contributed by atoms with Crippen molar-refractivity contribution >= 4 is 27.3 Å². The molecule has 0 bridgehead atoms. The molecule has 1 unspecified atom stereocenters. The lowest BCUT2D eigenvalue weighted by molar-refractivity contribution is 0.219. The van der Waals surface area contributed by atoms with Gasteiger partial charge in [0.25, 0.3) is 0 Å². The maximum Gasteiger partial charge on any atom is 0.105 e. The van der Waals surface area contributed by atoms with Crippen molar-refractivity contribution in [1.29, 1.82) is 0 Å². The van der Waals surface area contributed by atoms with Crippen LogP contribution in [0.2, 0.25) is 0 Å². The second kappa shape index (κ2) is 4.92.